The van der Waals surface area contributed by atoms with Crippen LogP contribution in [0.5, 0.6) is 0 Å². The summed E-state index contributed by atoms with van der Waals surface area (Å²) >= 11 is 17.9. The Kier molecular flexibility index (Phi) is 5.33. The Morgan fingerprint density at radius 2 is 1.48 bits per heavy atom. The fourth-order valence-electron chi connectivity index (χ4n) is 3.13. The van der Waals surface area contributed by atoms with E-state index in [-0.39, 0.29) is 5.69 Å². The number of rotatable bonds is 4. The van der Waals surface area contributed by atoms with Gasteiger partial charge in [-0.1, -0.05) is 53.0 Å². The molecule has 1 amide bonds. The smallest absolute Gasteiger partial charge is 0.298 e. The van der Waals surface area contributed by atoms with Gasteiger partial charge in [0.1, 0.15) is 5.69 Å². The van der Waals surface area contributed by atoms with Crippen LogP contribution in [-0.2, 0) is 4.79 Å². The molecule has 2 aromatic carbocycles. The number of carbonyl (C=O) groups excluding carboxylic acids is 2. The lowest BCUT2D eigenvalue weighted by Crippen LogP contribution is -2.24. The third-order valence-corrected chi connectivity index (χ3v) is 5.07. The van der Waals surface area contributed by atoms with Crippen molar-refractivity contribution in [1.82, 2.24) is 4.40 Å². The Balaban J connectivity index is 1.77. The molecular weight excluding hydrogens is 431 g/mol. The number of ketones is 1. The Labute approximate surface area is 181 Å². The molecule has 1 N–H and O–H groups in total. The van der Waals surface area contributed by atoms with Crippen LogP contribution in [-0.4, -0.2) is 16.1 Å². The standard InChI is InChI=1S/C22H13Cl3N2O2/c23-14-6-4-13(5-7-14)19-12-18-3-1-2-8-27(18)20(19)21(28)22(29)26-17-10-15(24)9-16(25)11-17/h1-12H,(H,26,29). The van der Waals surface area contributed by atoms with Gasteiger partial charge in [-0.05, 0) is 54.1 Å². The van der Waals surface area contributed by atoms with Crippen LogP contribution in [0, 0.1) is 0 Å². The molecule has 2 heterocycles. The van der Waals surface area contributed by atoms with E-state index >= 15 is 0 Å². The fourth-order valence-corrected chi connectivity index (χ4v) is 3.78. The van der Waals surface area contributed by atoms with Crippen molar-refractivity contribution in [3.8, 4) is 11.1 Å². The highest BCUT2D eigenvalue weighted by molar-refractivity contribution is 6.47. The van der Waals surface area contributed by atoms with Crippen LogP contribution in [0.4, 0.5) is 5.69 Å². The summed E-state index contributed by atoms with van der Waals surface area (Å²) in [5, 5.41) is 3.87. The summed E-state index contributed by atoms with van der Waals surface area (Å²) in [4.78, 5) is 25.9. The summed E-state index contributed by atoms with van der Waals surface area (Å²) in [6.45, 7) is 0. The van der Waals surface area contributed by atoms with Gasteiger partial charge in [0.15, 0.2) is 0 Å². The zero-order chi connectivity index (χ0) is 20.5. The van der Waals surface area contributed by atoms with Crippen LogP contribution in [0.2, 0.25) is 15.1 Å². The molecule has 0 aliphatic heterocycles. The van der Waals surface area contributed by atoms with Gasteiger partial charge in [0.25, 0.3) is 11.7 Å². The lowest BCUT2D eigenvalue weighted by molar-refractivity contribution is -0.112. The number of halogens is 3. The summed E-state index contributed by atoms with van der Waals surface area (Å²) in [5.74, 6) is -1.47. The Hall–Kier alpha value is -2.79. The highest BCUT2D eigenvalue weighted by Gasteiger charge is 2.25. The molecule has 0 spiro atoms. The summed E-state index contributed by atoms with van der Waals surface area (Å²) in [5.41, 5.74) is 2.81. The maximum absolute atomic E-state index is 13.1. The van der Waals surface area contributed by atoms with Crippen LogP contribution in [0.3, 0.4) is 0 Å². The van der Waals surface area contributed by atoms with E-state index < -0.39 is 11.7 Å². The topological polar surface area (TPSA) is 50.6 Å². The van der Waals surface area contributed by atoms with Crippen molar-refractivity contribution >= 4 is 57.7 Å². The minimum absolute atomic E-state index is 0.258. The monoisotopic (exact) mass is 442 g/mol. The van der Waals surface area contributed by atoms with Gasteiger partial charge in [-0.2, -0.15) is 0 Å². The van der Waals surface area contributed by atoms with Crippen LogP contribution >= 0.6 is 34.8 Å². The van der Waals surface area contributed by atoms with Crippen LogP contribution < -0.4 is 5.32 Å². The zero-order valence-electron chi connectivity index (χ0n) is 14.8. The third kappa shape index (κ3) is 4.01. The number of nitrogens with one attached hydrogen (secondary N) is 1. The number of pyridine rings is 1. The first-order valence-corrected chi connectivity index (χ1v) is 9.73. The van der Waals surface area contributed by atoms with E-state index in [0.717, 1.165) is 11.1 Å². The molecule has 0 saturated heterocycles. The first-order chi connectivity index (χ1) is 13.9. The van der Waals surface area contributed by atoms with Gasteiger partial charge in [-0.3, -0.25) is 9.59 Å². The quantitative estimate of drug-likeness (QED) is 0.293. The number of aromatic nitrogens is 1. The predicted octanol–water partition coefficient (Wildman–Crippen LogP) is 6.39. The van der Waals surface area contributed by atoms with Gasteiger partial charge in [-0.15, -0.1) is 0 Å². The average Bonchev–Trinajstić information content (AvgIpc) is 3.06. The van der Waals surface area contributed by atoms with E-state index in [1.807, 2.05) is 30.3 Å². The molecular formula is C22H13Cl3N2O2. The number of hydrogen-bond acceptors (Lipinski definition) is 2. The van der Waals surface area contributed by atoms with E-state index in [1.54, 1.807) is 34.9 Å². The molecule has 0 saturated carbocycles. The van der Waals surface area contributed by atoms with Crippen molar-refractivity contribution in [3.05, 3.63) is 93.7 Å². The number of amides is 1. The van der Waals surface area contributed by atoms with Crippen LogP contribution in [0.15, 0.2) is 72.9 Å². The van der Waals surface area contributed by atoms with Gasteiger partial charge in [0, 0.05) is 38.0 Å². The molecule has 29 heavy (non-hydrogen) atoms. The molecule has 0 aliphatic carbocycles. The number of anilines is 1. The molecule has 0 fully saturated rings. The summed E-state index contributed by atoms with van der Waals surface area (Å²) < 4.78 is 1.69. The van der Waals surface area contributed by atoms with Crippen molar-refractivity contribution in [3.63, 3.8) is 0 Å². The van der Waals surface area contributed by atoms with Crippen molar-refractivity contribution < 1.29 is 9.59 Å². The molecule has 0 unspecified atom stereocenters. The molecule has 0 aliphatic rings. The number of nitrogens with zero attached hydrogens (tertiary/aromatic N) is 1. The fraction of sp³-hybridized carbons (Fsp3) is 0. The second-order valence-corrected chi connectivity index (χ2v) is 7.66. The summed E-state index contributed by atoms with van der Waals surface area (Å²) in [7, 11) is 0. The average molecular weight is 444 g/mol. The van der Waals surface area contributed by atoms with Gasteiger partial charge in [-0.25, -0.2) is 0 Å². The third-order valence-electron chi connectivity index (χ3n) is 4.38. The Morgan fingerprint density at radius 3 is 2.17 bits per heavy atom. The number of fused-ring (bicyclic) bond motifs is 1. The van der Waals surface area contributed by atoms with Crippen LogP contribution in [0.1, 0.15) is 10.5 Å². The molecule has 0 bridgehead atoms. The van der Waals surface area contributed by atoms with Gasteiger partial charge in [0.2, 0.25) is 0 Å². The number of benzene rings is 2. The molecule has 144 valence electrons. The second-order valence-electron chi connectivity index (χ2n) is 6.35. The Bertz CT molecular complexity index is 1230. The molecule has 4 rings (SSSR count). The number of hydrogen-bond donors (Lipinski definition) is 1. The lowest BCUT2D eigenvalue weighted by Gasteiger charge is -2.08. The summed E-state index contributed by atoms with van der Waals surface area (Å²) in [6.07, 6.45) is 1.74. The SMILES string of the molecule is O=C(Nc1cc(Cl)cc(Cl)c1)C(=O)c1c(-c2ccc(Cl)cc2)cc2ccccn12. The van der Waals surface area contributed by atoms with Gasteiger partial charge < -0.3 is 9.72 Å². The summed E-state index contributed by atoms with van der Waals surface area (Å²) in [6, 6.07) is 19.1. The van der Waals surface area contributed by atoms with Crippen molar-refractivity contribution in [2.24, 2.45) is 0 Å². The first kappa shape index (κ1) is 19.5. The largest absolute Gasteiger partial charge is 0.319 e. The van der Waals surface area contributed by atoms with Gasteiger partial charge in [0.05, 0.1) is 0 Å². The van der Waals surface area contributed by atoms with Gasteiger partial charge >= 0.3 is 0 Å². The predicted molar refractivity (Wildman–Crippen MR) is 117 cm³/mol. The second kappa shape index (κ2) is 7.91. The van der Waals surface area contributed by atoms with Crippen molar-refractivity contribution in [2.45, 2.75) is 0 Å². The Morgan fingerprint density at radius 1 is 0.793 bits per heavy atom. The maximum Gasteiger partial charge on any atom is 0.298 e. The maximum atomic E-state index is 13.1. The van der Waals surface area contributed by atoms with E-state index in [0.29, 0.717) is 26.3 Å². The van der Waals surface area contributed by atoms with E-state index in [2.05, 4.69) is 5.32 Å². The van der Waals surface area contributed by atoms with E-state index in [4.69, 9.17) is 34.8 Å². The lowest BCUT2D eigenvalue weighted by atomic mass is 10.0. The normalized spacial score (nSPS) is 10.9. The first-order valence-electron chi connectivity index (χ1n) is 8.60. The number of Topliss-reactive ketones (excluding diaryl/α,β-unsaturated/α-hetero) is 1. The van der Waals surface area contributed by atoms with E-state index in [1.165, 1.54) is 12.1 Å². The molecule has 0 atom stereocenters. The van der Waals surface area contributed by atoms with Crippen molar-refractivity contribution in [2.75, 3.05) is 5.32 Å². The molecule has 4 nitrogen and oxygen atoms in total. The highest BCUT2D eigenvalue weighted by Crippen LogP contribution is 2.30. The molecule has 7 heteroatoms. The number of carbonyl (C=O) groups is 2. The highest BCUT2D eigenvalue weighted by atomic mass is 35.5. The van der Waals surface area contributed by atoms with Crippen molar-refractivity contribution in [1.29, 1.82) is 0 Å². The minimum atomic E-state index is -0.789. The molecule has 4 aromatic rings. The van der Waals surface area contributed by atoms with E-state index in [9.17, 15) is 9.59 Å². The zero-order valence-corrected chi connectivity index (χ0v) is 17.1. The van der Waals surface area contributed by atoms with Crippen LogP contribution in [0.25, 0.3) is 16.6 Å². The molecule has 0 radical (unpaired) electrons. The minimum Gasteiger partial charge on any atom is -0.319 e. The molecule has 2 aromatic heterocycles.